The van der Waals surface area contributed by atoms with Gasteiger partial charge in [-0.15, -0.1) is 0 Å². The van der Waals surface area contributed by atoms with Crippen LogP contribution in [0.1, 0.15) is 43.7 Å². The van der Waals surface area contributed by atoms with Gasteiger partial charge < -0.3 is 5.11 Å². The lowest BCUT2D eigenvalue weighted by Crippen LogP contribution is -2.46. The number of benzene rings is 1. The molecule has 1 heterocycles. The number of piperidine rings is 1. The summed E-state index contributed by atoms with van der Waals surface area (Å²) in [5, 5.41) is 9.37. The number of hydrogen-bond donors (Lipinski definition) is 1. The Morgan fingerprint density at radius 2 is 1.91 bits per heavy atom. The van der Waals surface area contributed by atoms with Crippen LogP contribution in [0.3, 0.4) is 0 Å². The Morgan fingerprint density at radius 1 is 1.18 bits per heavy atom. The van der Waals surface area contributed by atoms with Crippen LogP contribution in [0.5, 0.6) is 0 Å². The minimum absolute atomic E-state index is 0.00355. The number of nitrogens with zero attached hydrogens (tertiary/aromatic N) is 1. The third-order valence-corrected chi connectivity index (χ3v) is 7.08. The van der Waals surface area contributed by atoms with Gasteiger partial charge in [-0.1, -0.05) is 6.07 Å². The quantitative estimate of drug-likeness (QED) is 0.929. The van der Waals surface area contributed by atoms with Gasteiger partial charge in [0.1, 0.15) is 0 Å². The summed E-state index contributed by atoms with van der Waals surface area (Å²) in [5.41, 5.74) is 2.49. The van der Waals surface area contributed by atoms with E-state index in [-0.39, 0.29) is 18.6 Å². The first-order chi connectivity index (χ1) is 10.5. The highest BCUT2D eigenvalue weighted by atomic mass is 32.2. The Kier molecular flexibility index (Phi) is 4.57. The van der Waals surface area contributed by atoms with Crippen LogP contribution >= 0.6 is 0 Å². The first-order valence-corrected chi connectivity index (χ1v) is 9.71. The van der Waals surface area contributed by atoms with Gasteiger partial charge in [0.05, 0.1) is 4.90 Å². The van der Waals surface area contributed by atoms with Crippen molar-refractivity contribution in [2.45, 2.75) is 56.4 Å². The first kappa shape index (κ1) is 16.0. The van der Waals surface area contributed by atoms with E-state index in [0.29, 0.717) is 11.4 Å². The van der Waals surface area contributed by atoms with E-state index in [1.54, 1.807) is 10.4 Å². The summed E-state index contributed by atoms with van der Waals surface area (Å²) in [7, 11) is -3.47. The van der Waals surface area contributed by atoms with E-state index in [4.69, 9.17) is 0 Å². The predicted octanol–water partition coefficient (Wildman–Crippen LogP) is 2.35. The molecule has 0 radical (unpaired) electrons. The molecule has 1 N–H and O–H groups in total. The predicted molar refractivity (Wildman–Crippen MR) is 86.2 cm³/mol. The number of sulfonamides is 1. The van der Waals surface area contributed by atoms with Crippen LogP contribution in [0.4, 0.5) is 0 Å². The maximum atomic E-state index is 13.0. The second-order valence-electron chi connectivity index (χ2n) is 6.69. The average Bonchev–Trinajstić information content (AvgIpc) is 2.54. The number of aliphatic hydroxyl groups is 1. The van der Waals surface area contributed by atoms with E-state index < -0.39 is 10.0 Å². The van der Waals surface area contributed by atoms with Crippen LogP contribution in [-0.2, 0) is 22.9 Å². The fraction of sp³-hybridized carbons (Fsp3) is 0.647. The molecule has 0 aromatic heterocycles. The Balaban J connectivity index is 1.91. The molecule has 5 heteroatoms. The Bertz CT molecular complexity index is 641. The maximum Gasteiger partial charge on any atom is 0.243 e. The van der Waals surface area contributed by atoms with Gasteiger partial charge in [-0.2, -0.15) is 4.31 Å². The number of hydrogen-bond acceptors (Lipinski definition) is 3. The smallest absolute Gasteiger partial charge is 0.243 e. The zero-order valence-corrected chi connectivity index (χ0v) is 14.0. The van der Waals surface area contributed by atoms with Crippen LogP contribution in [0, 0.1) is 5.92 Å². The molecular weight excluding hydrogens is 298 g/mol. The molecule has 2 atom stereocenters. The van der Waals surface area contributed by atoms with Crippen molar-refractivity contribution in [1.29, 1.82) is 0 Å². The van der Waals surface area contributed by atoms with E-state index in [1.807, 2.05) is 19.1 Å². The Hall–Kier alpha value is -0.910. The SMILES string of the molecule is CC1CCC(CO)CN1S(=O)(=O)c1ccc2c(c1)CCCC2. The molecule has 1 saturated heterocycles. The number of rotatable bonds is 3. The summed E-state index contributed by atoms with van der Waals surface area (Å²) in [6, 6.07) is 5.62. The average molecular weight is 323 g/mol. The van der Waals surface area contributed by atoms with E-state index in [0.717, 1.165) is 32.1 Å². The summed E-state index contributed by atoms with van der Waals surface area (Å²) in [5.74, 6) is 0.0589. The largest absolute Gasteiger partial charge is 0.396 e. The minimum atomic E-state index is -3.47. The van der Waals surface area contributed by atoms with Gasteiger partial charge >= 0.3 is 0 Å². The number of aliphatic hydroxyl groups excluding tert-OH is 1. The highest BCUT2D eigenvalue weighted by Gasteiger charge is 2.34. The fourth-order valence-electron chi connectivity index (χ4n) is 3.64. The van der Waals surface area contributed by atoms with E-state index in [1.165, 1.54) is 17.5 Å². The normalized spacial score (nSPS) is 26.6. The standard InChI is InChI=1S/C17H25NO3S/c1-13-6-7-14(12-19)11-18(13)22(20,21)17-9-8-15-4-2-3-5-16(15)10-17/h8-10,13-14,19H,2-7,11-12H2,1H3. The molecular formula is C17H25NO3S. The molecule has 3 rings (SSSR count). The summed E-state index contributed by atoms with van der Waals surface area (Å²) in [4.78, 5) is 0.415. The van der Waals surface area contributed by atoms with Gasteiger partial charge in [0.2, 0.25) is 10.0 Å². The Labute approximate surface area is 133 Å². The van der Waals surface area contributed by atoms with E-state index in [9.17, 15) is 13.5 Å². The molecule has 2 unspecified atom stereocenters. The van der Waals surface area contributed by atoms with Crippen molar-refractivity contribution in [2.24, 2.45) is 5.92 Å². The second-order valence-corrected chi connectivity index (χ2v) is 8.58. The van der Waals surface area contributed by atoms with Gasteiger partial charge in [-0.05, 0) is 74.6 Å². The third kappa shape index (κ3) is 2.94. The van der Waals surface area contributed by atoms with Crippen LogP contribution in [-0.4, -0.2) is 37.0 Å². The zero-order chi connectivity index (χ0) is 15.7. The molecule has 122 valence electrons. The van der Waals surface area contributed by atoms with Crippen molar-refractivity contribution >= 4 is 10.0 Å². The molecule has 1 aliphatic heterocycles. The molecule has 0 saturated carbocycles. The lowest BCUT2D eigenvalue weighted by molar-refractivity contribution is 0.139. The van der Waals surface area contributed by atoms with Crippen molar-refractivity contribution in [1.82, 2.24) is 4.31 Å². The molecule has 22 heavy (non-hydrogen) atoms. The summed E-state index contributed by atoms with van der Waals surface area (Å²) in [6.07, 6.45) is 6.09. The van der Waals surface area contributed by atoms with Crippen LogP contribution in [0.25, 0.3) is 0 Å². The lowest BCUT2D eigenvalue weighted by atomic mass is 9.92. The second kappa shape index (κ2) is 6.30. The van der Waals surface area contributed by atoms with Crippen molar-refractivity contribution in [3.63, 3.8) is 0 Å². The summed E-state index contributed by atoms with van der Waals surface area (Å²) >= 11 is 0. The zero-order valence-electron chi connectivity index (χ0n) is 13.2. The summed E-state index contributed by atoms with van der Waals surface area (Å²) < 4.78 is 27.6. The molecule has 2 aliphatic rings. The van der Waals surface area contributed by atoms with Gasteiger partial charge in [0.25, 0.3) is 0 Å². The molecule has 0 bridgehead atoms. The minimum Gasteiger partial charge on any atom is -0.396 e. The van der Waals surface area contributed by atoms with Crippen molar-refractivity contribution in [2.75, 3.05) is 13.2 Å². The van der Waals surface area contributed by atoms with Crippen LogP contribution in [0.2, 0.25) is 0 Å². The van der Waals surface area contributed by atoms with Gasteiger partial charge in [0, 0.05) is 19.2 Å². The first-order valence-electron chi connectivity index (χ1n) is 8.27. The summed E-state index contributed by atoms with van der Waals surface area (Å²) in [6.45, 7) is 2.45. The topological polar surface area (TPSA) is 57.6 Å². The van der Waals surface area contributed by atoms with Gasteiger partial charge in [-0.3, -0.25) is 0 Å². The highest BCUT2D eigenvalue weighted by Crippen LogP contribution is 2.30. The van der Waals surface area contributed by atoms with Crippen LogP contribution in [0.15, 0.2) is 23.1 Å². The highest BCUT2D eigenvalue weighted by molar-refractivity contribution is 7.89. The molecule has 1 aromatic carbocycles. The van der Waals surface area contributed by atoms with Crippen molar-refractivity contribution < 1.29 is 13.5 Å². The van der Waals surface area contributed by atoms with Crippen molar-refractivity contribution in [3.8, 4) is 0 Å². The molecule has 4 nitrogen and oxygen atoms in total. The third-order valence-electron chi connectivity index (χ3n) is 5.11. The molecule has 1 fully saturated rings. The van der Waals surface area contributed by atoms with E-state index in [2.05, 4.69) is 0 Å². The van der Waals surface area contributed by atoms with Crippen molar-refractivity contribution in [3.05, 3.63) is 29.3 Å². The maximum absolute atomic E-state index is 13.0. The lowest BCUT2D eigenvalue weighted by Gasteiger charge is -2.36. The molecule has 1 aliphatic carbocycles. The fourth-order valence-corrected chi connectivity index (χ4v) is 5.42. The monoisotopic (exact) mass is 323 g/mol. The van der Waals surface area contributed by atoms with Gasteiger partial charge in [-0.25, -0.2) is 8.42 Å². The van der Waals surface area contributed by atoms with E-state index >= 15 is 0 Å². The Morgan fingerprint density at radius 3 is 2.64 bits per heavy atom. The molecule has 1 aromatic rings. The number of fused-ring (bicyclic) bond motifs is 1. The van der Waals surface area contributed by atoms with Crippen LogP contribution < -0.4 is 0 Å². The number of aryl methyl sites for hydroxylation is 2. The molecule has 0 amide bonds. The van der Waals surface area contributed by atoms with Gasteiger partial charge in [0.15, 0.2) is 0 Å². The molecule has 0 spiro atoms.